The lowest BCUT2D eigenvalue weighted by atomic mass is 10.2. The summed E-state index contributed by atoms with van der Waals surface area (Å²) in [7, 11) is -3.53. The maximum Gasteiger partial charge on any atom is 0.332 e. The number of halogens is 2. The van der Waals surface area contributed by atoms with Gasteiger partial charge in [-0.05, 0) is 12.1 Å². The molecule has 0 amide bonds. The third-order valence-corrected chi connectivity index (χ3v) is 3.11. The van der Waals surface area contributed by atoms with E-state index in [4.69, 9.17) is 4.74 Å². The topological polar surface area (TPSA) is 61.2 Å². The Bertz CT molecular complexity index is 666. The van der Waals surface area contributed by atoms with Crippen molar-refractivity contribution in [2.45, 2.75) is 11.6 Å². The number of benzene rings is 1. The largest absolute Gasteiger partial charge is 0.362 e. The number of rotatable bonds is 3. The van der Waals surface area contributed by atoms with Gasteiger partial charge in [-0.15, -0.1) is 3.89 Å². The van der Waals surface area contributed by atoms with E-state index >= 15 is 0 Å². The molecule has 0 aliphatic heterocycles. The fourth-order valence-electron chi connectivity index (χ4n) is 1.57. The molecule has 1 aromatic heterocycles. The highest BCUT2D eigenvalue weighted by molar-refractivity contribution is 7.86. The summed E-state index contributed by atoms with van der Waals surface area (Å²) >= 11 is 0. The van der Waals surface area contributed by atoms with Crippen LogP contribution in [0.5, 0.6) is 0 Å². The van der Waals surface area contributed by atoms with Crippen molar-refractivity contribution in [2.75, 3.05) is 7.11 Å². The lowest BCUT2D eigenvalue weighted by molar-refractivity contribution is 0.124. The van der Waals surface area contributed by atoms with E-state index in [0.29, 0.717) is 0 Å². The summed E-state index contributed by atoms with van der Waals surface area (Å²) in [6, 6.07) is 1.74. The monoisotopic (exact) mass is 262 g/mol. The van der Waals surface area contributed by atoms with Crippen molar-refractivity contribution in [1.29, 1.82) is 0 Å². The average molecular weight is 262 g/mol. The summed E-state index contributed by atoms with van der Waals surface area (Å²) in [6.45, 7) is -0.0593. The summed E-state index contributed by atoms with van der Waals surface area (Å²) in [5.41, 5.74) is -0.106. The molecule has 0 aliphatic rings. The zero-order valence-corrected chi connectivity index (χ0v) is 9.54. The quantitative estimate of drug-likeness (QED) is 0.785. The maximum absolute atomic E-state index is 13.5. The zero-order chi connectivity index (χ0) is 12.6. The van der Waals surface area contributed by atoms with Crippen LogP contribution in [0.4, 0.5) is 8.28 Å². The average Bonchev–Trinajstić information content (AvgIpc) is 2.62. The Morgan fingerprint density at radius 2 is 2.18 bits per heavy atom. The Balaban J connectivity index is 2.81. The first-order valence-corrected chi connectivity index (χ1v) is 5.91. The minimum atomic E-state index is -4.91. The molecule has 2 rings (SSSR count). The predicted molar refractivity (Wildman–Crippen MR) is 55.0 cm³/mol. The van der Waals surface area contributed by atoms with Crippen LogP contribution in [0.1, 0.15) is 0 Å². The SMILES string of the molecule is COCn1ncc2c(S(=O)(=O)F)ccc(F)c21. The van der Waals surface area contributed by atoms with Crippen LogP contribution in [-0.4, -0.2) is 25.3 Å². The van der Waals surface area contributed by atoms with Crippen LogP contribution in [-0.2, 0) is 21.7 Å². The molecule has 0 spiro atoms. The van der Waals surface area contributed by atoms with Crippen LogP contribution < -0.4 is 0 Å². The van der Waals surface area contributed by atoms with Gasteiger partial charge >= 0.3 is 10.2 Å². The Morgan fingerprint density at radius 1 is 1.47 bits per heavy atom. The number of nitrogens with zero attached hydrogens (tertiary/aromatic N) is 2. The lowest BCUT2D eigenvalue weighted by Crippen LogP contribution is -2.03. The molecule has 2 aromatic rings. The molecule has 5 nitrogen and oxygen atoms in total. The normalized spacial score (nSPS) is 12.2. The standard InChI is InChI=1S/C9H8F2N2O3S/c1-16-5-13-9-6(4-12-13)8(17(11,14)15)3-2-7(9)10/h2-4H,5H2,1H3. The molecule has 1 aromatic carbocycles. The number of methoxy groups -OCH3 is 1. The second-order valence-electron chi connectivity index (χ2n) is 3.31. The Hall–Kier alpha value is -1.54. The van der Waals surface area contributed by atoms with Crippen molar-refractivity contribution in [1.82, 2.24) is 9.78 Å². The third kappa shape index (κ3) is 2.01. The minimum Gasteiger partial charge on any atom is -0.362 e. The van der Waals surface area contributed by atoms with Gasteiger partial charge in [0.15, 0.2) is 0 Å². The third-order valence-electron chi connectivity index (χ3n) is 2.23. The van der Waals surface area contributed by atoms with Gasteiger partial charge in [0.05, 0.1) is 6.20 Å². The minimum absolute atomic E-state index is 0.0593. The van der Waals surface area contributed by atoms with Gasteiger partial charge in [-0.2, -0.15) is 13.5 Å². The van der Waals surface area contributed by atoms with Crippen molar-refractivity contribution in [3.63, 3.8) is 0 Å². The van der Waals surface area contributed by atoms with Crippen molar-refractivity contribution in [2.24, 2.45) is 0 Å². The van der Waals surface area contributed by atoms with E-state index in [9.17, 15) is 16.7 Å². The Morgan fingerprint density at radius 3 is 2.76 bits per heavy atom. The van der Waals surface area contributed by atoms with Gasteiger partial charge in [-0.25, -0.2) is 9.07 Å². The predicted octanol–water partition coefficient (Wildman–Crippen LogP) is 1.44. The number of ether oxygens (including phenoxy) is 1. The first-order chi connectivity index (χ1) is 7.95. The number of hydrogen-bond acceptors (Lipinski definition) is 4. The van der Waals surface area contributed by atoms with Crippen molar-refractivity contribution in [3.8, 4) is 0 Å². The van der Waals surface area contributed by atoms with Crippen molar-refractivity contribution in [3.05, 3.63) is 24.1 Å². The molecule has 0 fully saturated rings. The van der Waals surface area contributed by atoms with Gasteiger partial charge in [-0.3, -0.25) is 0 Å². The molecule has 8 heteroatoms. The fourth-order valence-corrected chi connectivity index (χ4v) is 2.21. The molecule has 92 valence electrons. The molecule has 0 aliphatic carbocycles. The van der Waals surface area contributed by atoms with Gasteiger partial charge < -0.3 is 4.74 Å². The van der Waals surface area contributed by atoms with Crippen LogP contribution in [0.2, 0.25) is 0 Å². The molecule has 0 N–H and O–H groups in total. The van der Waals surface area contributed by atoms with E-state index in [1.54, 1.807) is 0 Å². The molecule has 17 heavy (non-hydrogen) atoms. The highest BCUT2D eigenvalue weighted by Crippen LogP contribution is 2.26. The smallest absolute Gasteiger partial charge is 0.332 e. The van der Waals surface area contributed by atoms with Crippen molar-refractivity contribution < 1.29 is 21.4 Å². The van der Waals surface area contributed by atoms with E-state index < -0.39 is 20.9 Å². The van der Waals surface area contributed by atoms with Crippen LogP contribution >= 0.6 is 0 Å². The second kappa shape index (κ2) is 4.04. The van der Waals surface area contributed by atoms with Crippen LogP contribution in [0.3, 0.4) is 0 Å². The molecule has 0 unspecified atom stereocenters. The molecular weight excluding hydrogens is 254 g/mol. The number of hydrogen-bond donors (Lipinski definition) is 0. The molecule has 0 saturated carbocycles. The summed E-state index contributed by atoms with van der Waals surface area (Å²) in [6.07, 6.45) is 1.09. The molecule has 0 atom stereocenters. The van der Waals surface area contributed by atoms with Gasteiger partial charge in [0.1, 0.15) is 23.0 Å². The first-order valence-electron chi connectivity index (χ1n) is 4.53. The maximum atomic E-state index is 13.5. The fraction of sp³-hybridized carbons (Fsp3) is 0.222. The van der Waals surface area contributed by atoms with Crippen LogP contribution in [0.15, 0.2) is 23.2 Å². The highest BCUT2D eigenvalue weighted by Gasteiger charge is 2.20. The van der Waals surface area contributed by atoms with Gasteiger partial charge in [0, 0.05) is 12.5 Å². The van der Waals surface area contributed by atoms with Crippen LogP contribution in [0, 0.1) is 5.82 Å². The first kappa shape index (κ1) is 11.9. The molecule has 0 bridgehead atoms. The summed E-state index contributed by atoms with van der Waals surface area (Å²) in [5, 5.41) is 3.63. The van der Waals surface area contributed by atoms with E-state index in [0.717, 1.165) is 23.0 Å². The van der Waals surface area contributed by atoms with Crippen molar-refractivity contribution >= 4 is 21.1 Å². The van der Waals surface area contributed by atoms with Gasteiger partial charge in [0.2, 0.25) is 0 Å². The number of fused-ring (bicyclic) bond motifs is 1. The van der Waals surface area contributed by atoms with E-state index in [-0.39, 0.29) is 17.6 Å². The van der Waals surface area contributed by atoms with E-state index in [1.165, 1.54) is 7.11 Å². The zero-order valence-electron chi connectivity index (χ0n) is 8.72. The number of aromatic nitrogens is 2. The second-order valence-corrected chi connectivity index (χ2v) is 4.62. The molecule has 0 radical (unpaired) electrons. The van der Waals surface area contributed by atoms with E-state index in [1.807, 2.05) is 0 Å². The van der Waals surface area contributed by atoms with E-state index in [2.05, 4.69) is 5.10 Å². The molecule has 0 saturated heterocycles. The Labute approximate surface area is 95.8 Å². The molecular formula is C9H8F2N2O3S. The Kier molecular flexibility index (Phi) is 2.84. The van der Waals surface area contributed by atoms with Gasteiger partial charge in [0.25, 0.3) is 0 Å². The molecule has 1 heterocycles. The summed E-state index contributed by atoms with van der Waals surface area (Å²) < 4.78 is 54.1. The summed E-state index contributed by atoms with van der Waals surface area (Å²) in [5.74, 6) is -0.693. The summed E-state index contributed by atoms with van der Waals surface area (Å²) in [4.78, 5) is -0.601. The highest BCUT2D eigenvalue weighted by atomic mass is 32.3. The van der Waals surface area contributed by atoms with Gasteiger partial charge in [-0.1, -0.05) is 0 Å². The lowest BCUT2D eigenvalue weighted by Gasteiger charge is -2.03. The van der Waals surface area contributed by atoms with Crippen LogP contribution in [0.25, 0.3) is 10.9 Å².